The predicted octanol–water partition coefficient (Wildman–Crippen LogP) is 2.68. The van der Waals surface area contributed by atoms with Crippen molar-refractivity contribution in [3.05, 3.63) is 70.2 Å². The summed E-state index contributed by atoms with van der Waals surface area (Å²) in [6, 6.07) is 13.4. The molecule has 0 saturated heterocycles. The molecule has 0 spiro atoms. The van der Waals surface area contributed by atoms with Crippen molar-refractivity contribution in [3.63, 3.8) is 0 Å². The zero-order valence-electron chi connectivity index (χ0n) is 12.0. The van der Waals surface area contributed by atoms with Gasteiger partial charge in [-0.3, -0.25) is 19.3 Å². The first-order valence-corrected chi connectivity index (χ1v) is 7.29. The third kappa shape index (κ3) is 3.10. The van der Waals surface area contributed by atoms with Crippen LogP contribution in [0.25, 0.3) is 0 Å². The second-order valence-electron chi connectivity index (χ2n) is 5.03. The Bertz CT molecular complexity index is 768. The van der Waals surface area contributed by atoms with Crippen LogP contribution in [0.3, 0.4) is 0 Å². The summed E-state index contributed by atoms with van der Waals surface area (Å²) in [6.07, 6.45) is 0. The Balaban J connectivity index is 1.63. The fourth-order valence-corrected chi connectivity index (χ4v) is 2.56. The second kappa shape index (κ2) is 6.22. The van der Waals surface area contributed by atoms with Gasteiger partial charge in [0.15, 0.2) is 0 Å². The highest BCUT2D eigenvalue weighted by molar-refractivity contribution is 6.30. The first kappa shape index (κ1) is 15.2. The molecule has 0 unspecified atom stereocenters. The molecule has 5 nitrogen and oxygen atoms in total. The van der Waals surface area contributed by atoms with E-state index in [2.05, 4.69) is 0 Å². The van der Waals surface area contributed by atoms with Crippen molar-refractivity contribution in [2.24, 2.45) is 0 Å². The van der Waals surface area contributed by atoms with Crippen LogP contribution in [0.1, 0.15) is 26.3 Å². The van der Waals surface area contributed by atoms with Crippen LogP contribution >= 0.6 is 11.6 Å². The maximum Gasteiger partial charge on any atom is 0.326 e. The number of hydrogen-bond donors (Lipinski definition) is 0. The summed E-state index contributed by atoms with van der Waals surface area (Å²) in [5, 5.41) is 0.541. The summed E-state index contributed by atoms with van der Waals surface area (Å²) in [5.41, 5.74) is 1.34. The highest BCUT2D eigenvalue weighted by Crippen LogP contribution is 2.22. The molecule has 2 amide bonds. The van der Waals surface area contributed by atoms with Crippen LogP contribution in [0.15, 0.2) is 48.5 Å². The zero-order valence-corrected chi connectivity index (χ0v) is 12.7. The van der Waals surface area contributed by atoms with Gasteiger partial charge in [-0.15, -0.1) is 0 Å². The van der Waals surface area contributed by atoms with Crippen molar-refractivity contribution in [2.45, 2.75) is 6.61 Å². The molecule has 0 N–H and O–H groups in total. The maximum absolute atomic E-state index is 12.1. The smallest absolute Gasteiger partial charge is 0.326 e. The molecule has 6 heteroatoms. The normalized spacial score (nSPS) is 13.2. The van der Waals surface area contributed by atoms with E-state index in [0.717, 1.165) is 10.5 Å². The Morgan fingerprint density at radius 1 is 1.00 bits per heavy atom. The van der Waals surface area contributed by atoms with E-state index < -0.39 is 24.3 Å². The van der Waals surface area contributed by atoms with Gasteiger partial charge < -0.3 is 4.74 Å². The number of ether oxygens (including phenoxy) is 1. The molecular weight excluding hydrogens is 318 g/mol. The van der Waals surface area contributed by atoms with Crippen molar-refractivity contribution in [1.29, 1.82) is 0 Å². The molecule has 0 radical (unpaired) electrons. The molecule has 1 heterocycles. The predicted molar refractivity (Wildman–Crippen MR) is 83.1 cm³/mol. The molecule has 1 aliphatic heterocycles. The van der Waals surface area contributed by atoms with Crippen molar-refractivity contribution in [3.8, 4) is 0 Å². The number of imide groups is 1. The van der Waals surface area contributed by atoms with Gasteiger partial charge in [0.05, 0.1) is 11.1 Å². The van der Waals surface area contributed by atoms with E-state index in [9.17, 15) is 14.4 Å². The van der Waals surface area contributed by atoms with Crippen molar-refractivity contribution >= 4 is 29.4 Å². The van der Waals surface area contributed by atoms with Gasteiger partial charge in [-0.05, 0) is 29.8 Å². The number of fused-ring (bicyclic) bond motifs is 1. The second-order valence-corrected chi connectivity index (χ2v) is 5.47. The third-order valence-electron chi connectivity index (χ3n) is 3.45. The molecule has 3 rings (SSSR count). The number of benzene rings is 2. The lowest BCUT2D eigenvalue weighted by Gasteiger charge is -2.13. The number of amides is 2. The van der Waals surface area contributed by atoms with Crippen LogP contribution in [0, 0.1) is 0 Å². The highest BCUT2D eigenvalue weighted by Gasteiger charge is 2.36. The number of carbonyl (C=O) groups is 3. The van der Waals surface area contributed by atoms with E-state index in [0.29, 0.717) is 16.1 Å². The standard InChI is InChI=1S/C17H12ClNO4/c18-12-5-3-4-11(8-12)10-23-15(20)9-19-16(21)13-6-1-2-7-14(13)17(19)22/h1-8H,9-10H2. The molecule has 0 atom stereocenters. The Morgan fingerprint density at radius 3 is 2.26 bits per heavy atom. The number of hydrogen-bond acceptors (Lipinski definition) is 4. The van der Waals surface area contributed by atoms with Gasteiger partial charge in [0.1, 0.15) is 13.2 Å². The average molecular weight is 330 g/mol. The minimum absolute atomic E-state index is 0.0303. The molecule has 2 aromatic carbocycles. The van der Waals surface area contributed by atoms with Crippen LogP contribution in [-0.2, 0) is 16.1 Å². The molecule has 0 fully saturated rings. The van der Waals surface area contributed by atoms with Gasteiger partial charge in [-0.25, -0.2) is 0 Å². The molecule has 2 aromatic rings. The van der Waals surface area contributed by atoms with Crippen molar-refractivity contribution < 1.29 is 19.1 Å². The highest BCUT2D eigenvalue weighted by atomic mass is 35.5. The lowest BCUT2D eigenvalue weighted by Crippen LogP contribution is -2.35. The van der Waals surface area contributed by atoms with E-state index in [1.807, 2.05) is 0 Å². The fraction of sp³-hybridized carbons (Fsp3) is 0.118. The van der Waals surface area contributed by atoms with E-state index in [4.69, 9.17) is 16.3 Å². The number of nitrogens with zero attached hydrogens (tertiary/aromatic N) is 1. The van der Waals surface area contributed by atoms with Crippen molar-refractivity contribution in [2.75, 3.05) is 6.54 Å². The monoisotopic (exact) mass is 329 g/mol. The minimum atomic E-state index is -0.653. The lowest BCUT2D eigenvalue weighted by molar-refractivity contribution is -0.145. The molecule has 0 aromatic heterocycles. The van der Waals surface area contributed by atoms with Gasteiger partial charge in [0, 0.05) is 5.02 Å². The quantitative estimate of drug-likeness (QED) is 0.639. The first-order valence-electron chi connectivity index (χ1n) is 6.91. The van der Waals surface area contributed by atoms with Crippen LogP contribution in [0.2, 0.25) is 5.02 Å². The Morgan fingerprint density at radius 2 is 1.65 bits per heavy atom. The molecule has 0 saturated carbocycles. The molecule has 116 valence electrons. The lowest BCUT2D eigenvalue weighted by atomic mass is 10.1. The zero-order chi connectivity index (χ0) is 16.4. The molecule has 0 aliphatic carbocycles. The van der Waals surface area contributed by atoms with E-state index in [1.165, 1.54) is 0 Å². The molecule has 1 aliphatic rings. The Labute approximate surface area is 137 Å². The fourth-order valence-electron chi connectivity index (χ4n) is 2.35. The number of halogens is 1. The third-order valence-corrected chi connectivity index (χ3v) is 3.69. The van der Waals surface area contributed by atoms with Crippen molar-refractivity contribution in [1.82, 2.24) is 4.90 Å². The largest absolute Gasteiger partial charge is 0.459 e. The minimum Gasteiger partial charge on any atom is -0.459 e. The summed E-state index contributed by atoms with van der Waals surface area (Å²) in [7, 11) is 0. The number of esters is 1. The van der Waals surface area contributed by atoms with Crippen LogP contribution in [0.5, 0.6) is 0 Å². The van der Waals surface area contributed by atoms with Crippen LogP contribution in [0.4, 0.5) is 0 Å². The van der Waals surface area contributed by atoms with Crippen LogP contribution in [-0.4, -0.2) is 29.2 Å². The SMILES string of the molecule is O=C(CN1C(=O)c2ccccc2C1=O)OCc1cccc(Cl)c1. The molecule has 0 bridgehead atoms. The van der Waals surface area contributed by atoms with Gasteiger partial charge in [-0.1, -0.05) is 35.9 Å². The van der Waals surface area contributed by atoms with Crippen LogP contribution < -0.4 is 0 Å². The summed E-state index contributed by atoms with van der Waals surface area (Å²) in [5.74, 6) is -1.62. The molecular formula is C17H12ClNO4. The summed E-state index contributed by atoms with van der Waals surface area (Å²) in [6.45, 7) is -0.379. The van der Waals surface area contributed by atoms with Gasteiger partial charge in [0.2, 0.25) is 0 Å². The Hall–Kier alpha value is -2.66. The van der Waals surface area contributed by atoms with E-state index >= 15 is 0 Å². The maximum atomic E-state index is 12.1. The summed E-state index contributed by atoms with van der Waals surface area (Å²) in [4.78, 5) is 37.1. The van der Waals surface area contributed by atoms with E-state index in [1.54, 1.807) is 48.5 Å². The summed E-state index contributed by atoms with van der Waals surface area (Å²) < 4.78 is 5.10. The Kier molecular flexibility index (Phi) is 4.12. The average Bonchev–Trinajstić information content (AvgIpc) is 2.79. The van der Waals surface area contributed by atoms with Gasteiger partial charge in [-0.2, -0.15) is 0 Å². The van der Waals surface area contributed by atoms with Gasteiger partial charge >= 0.3 is 5.97 Å². The van der Waals surface area contributed by atoms with Gasteiger partial charge in [0.25, 0.3) is 11.8 Å². The topological polar surface area (TPSA) is 63.7 Å². The first-order chi connectivity index (χ1) is 11.1. The number of rotatable bonds is 4. The molecule has 23 heavy (non-hydrogen) atoms. The summed E-state index contributed by atoms with van der Waals surface area (Å²) >= 11 is 5.85. The number of carbonyl (C=O) groups excluding carboxylic acids is 3. The van der Waals surface area contributed by atoms with E-state index in [-0.39, 0.29) is 6.61 Å².